The van der Waals surface area contributed by atoms with E-state index in [1.165, 1.54) is 23.3 Å². The van der Waals surface area contributed by atoms with E-state index < -0.39 is 5.54 Å². The third kappa shape index (κ3) is 2.89. The predicted octanol–water partition coefficient (Wildman–Crippen LogP) is 0.830. The molecule has 1 aromatic heterocycles. The Labute approximate surface area is 144 Å². The molecule has 4 amide bonds. The van der Waals surface area contributed by atoms with Crippen LogP contribution in [0.4, 0.5) is 9.93 Å². The van der Waals surface area contributed by atoms with Crippen molar-refractivity contribution in [3.05, 3.63) is 11.6 Å². The second-order valence-corrected chi connectivity index (χ2v) is 7.11. The van der Waals surface area contributed by atoms with Crippen LogP contribution in [-0.2, 0) is 9.59 Å². The van der Waals surface area contributed by atoms with Gasteiger partial charge >= 0.3 is 6.03 Å². The number of carbonyl (C=O) groups is 3. The summed E-state index contributed by atoms with van der Waals surface area (Å²) >= 11 is 1.39. The lowest BCUT2D eigenvalue weighted by molar-refractivity contribution is -0.134. The fourth-order valence-corrected chi connectivity index (χ4v) is 3.92. The van der Waals surface area contributed by atoms with Crippen molar-refractivity contribution in [3.63, 3.8) is 0 Å². The highest BCUT2D eigenvalue weighted by atomic mass is 32.1. The van der Waals surface area contributed by atoms with Gasteiger partial charge < -0.3 is 15.1 Å². The summed E-state index contributed by atoms with van der Waals surface area (Å²) in [6.07, 6.45) is 3.24. The molecule has 2 aliphatic heterocycles. The zero-order chi connectivity index (χ0) is 17.3. The summed E-state index contributed by atoms with van der Waals surface area (Å²) in [5.74, 6) is -0.176. The van der Waals surface area contributed by atoms with Gasteiger partial charge in [-0.25, -0.2) is 9.78 Å². The Balaban J connectivity index is 1.50. The van der Waals surface area contributed by atoms with Crippen molar-refractivity contribution in [3.8, 4) is 0 Å². The third-order valence-electron chi connectivity index (χ3n) is 4.94. The summed E-state index contributed by atoms with van der Waals surface area (Å²) in [4.78, 5) is 45.3. The lowest BCUT2D eigenvalue weighted by Crippen LogP contribution is -2.55. The quantitative estimate of drug-likeness (QED) is 0.812. The largest absolute Gasteiger partial charge is 0.327 e. The first-order valence-corrected chi connectivity index (χ1v) is 8.80. The number of piperidine rings is 1. The number of likely N-dealkylation sites (tertiary alicyclic amines) is 1. The van der Waals surface area contributed by atoms with Crippen LogP contribution < -0.4 is 5.32 Å². The van der Waals surface area contributed by atoms with Crippen LogP contribution in [0, 0.1) is 0 Å². The number of hydrogen-bond acceptors (Lipinski definition) is 6. The Bertz CT molecular complexity index is 640. The van der Waals surface area contributed by atoms with Crippen molar-refractivity contribution < 1.29 is 14.4 Å². The average Bonchev–Trinajstić information content (AvgIpc) is 3.14. The van der Waals surface area contributed by atoms with Crippen molar-refractivity contribution in [2.45, 2.75) is 24.8 Å². The van der Waals surface area contributed by atoms with E-state index in [1.807, 2.05) is 5.38 Å². The van der Waals surface area contributed by atoms with Gasteiger partial charge in [-0.3, -0.25) is 14.5 Å². The number of likely N-dealkylation sites (N-methyl/N-ethyl adjacent to an activating group) is 2. The summed E-state index contributed by atoms with van der Waals surface area (Å²) < 4.78 is 0. The minimum Gasteiger partial charge on any atom is -0.312 e. The fourth-order valence-electron chi connectivity index (χ4n) is 3.37. The standard InChI is InChI=1S/C15H21N5O3S/c1-18-12(22)15(19(2)14(18)23)4-8-20(9-5-15)7-3-11(21)17-13-16-6-10-24-13/h6,10H,3-5,7-9H2,1-2H3,(H,16,17,21). The number of amides is 4. The third-order valence-corrected chi connectivity index (χ3v) is 5.62. The number of anilines is 1. The first-order valence-electron chi connectivity index (χ1n) is 7.92. The lowest BCUT2D eigenvalue weighted by atomic mass is 9.86. The smallest absolute Gasteiger partial charge is 0.312 e. The van der Waals surface area contributed by atoms with E-state index in [0.717, 1.165) is 0 Å². The summed E-state index contributed by atoms with van der Waals surface area (Å²) in [5.41, 5.74) is -0.703. The molecule has 0 bridgehead atoms. The Morgan fingerprint density at radius 3 is 2.58 bits per heavy atom. The number of thiazole rings is 1. The van der Waals surface area contributed by atoms with Crippen molar-refractivity contribution in [1.82, 2.24) is 19.7 Å². The minimum absolute atomic E-state index is 0.0609. The molecule has 0 atom stereocenters. The van der Waals surface area contributed by atoms with E-state index in [2.05, 4.69) is 15.2 Å². The number of carbonyl (C=O) groups excluding carboxylic acids is 3. The highest BCUT2D eigenvalue weighted by Crippen LogP contribution is 2.35. The van der Waals surface area contributed by atoms with Crippen LogP contribution in [0.25, 0.3) is 0 Å². The van der Waals surface area contributed by atoms with Gasteiger partial charge in [0.2, 0.25) is 5.91 Å². The van der Waals surface area contributed by atoms with Gasteiger partial charge in [0.25, 0.3) is 5.91 Å². The first kappa shape index (κ1) is 16.8. The highest BCUT2D eigenvalue weighted by Gasteiger charge is 2.55. The molecular formula is C15H21N5O3S. The van der Waals surface area contributed by atoms with Crippen molar-refractivity contribution >= 4 is 34.3 Å². The first-order chi connectivity index (χ1) is 11.4. The predicted molar refractivity (Wildman–Crippen MR) is 89.7 cm³/mol. The van der Waals surface area contributed by atoms with Crippen LogP contribution in [0.5, 0.6) is 0 Å². The number of imide groups is 1. The summed E-state index contributed by atoms with van der Waals surface area (Å²) in [7, 11) is 3.23. The molecule has 2 aliphatic rings. The van der Waals surface area contributed by atoms with Crippen LogP contribution in [-0.4, -0.2) is 76.8 Å². The molecule has 0 saturated carbocycles. The molecule has 0 radical (unpaired) electrons. The van der Waals surface area contributed by atoms with Gasteiger partial charge in [-0.05, 0) is 12.8 Å². The molecule has 2 fully saturated rings. The van der Waals surface area contributed by atoms with Gasteiger partial charge in [0.1, 0.15) is 5.54 Å². The summed E-state index contributed by atoms with van der Waals surface area (Å²) in [6.45, 7) is 2.03. The Morgan fingerprint density at radius 2 is 2.04 bits per heavy atom. The fraction of sp³-hybridized carbons (Fsp3) is 0.600. The Morgan fingerprint density at radius 1 is 1.33 bits per heavy atom. The molecule has 3 rings (SSSR count). The average molecular weight is 351 g/mol. The van der Waals surface area contributed by atoms with E-state index in [1.54, 1.807) is 18.1 Å². The molecule has 8 nitrogen and oxygen atoms in total. The number of nitrogens with zero attached hydrogens (tertiary/aromatic N) is 4. The number of rotatable bonds is 4. The van der Waals surface area contributed by atoms with E-state index in [4.69, 9.17) is 0 Å². The van der Waals surface area contributed by atoms with E-state index in [0.29, 0.717) is 44.0 Å². The molecule has 2 saturated heterocycles. The summed E-state index contributed by atoms with van der Waals surface area (Å²) in [6, 6.07) is -0.240. The molecule has 1 spiro atoms. The molecule has 0 aliphatic carbocycles. The maximum absolute atomic E-state index is 12.4. The lowest BCUT2D eigenvalue weighted by Gasteiger charge is -2.40. The van der Waals surface area contributed by atoms with E-state index in [-0.39, 0.29) is 17.8 Å². The van der Waals surface area contributed by atoms with Gasteiger partial charge in [0, 0.05) is 51.7 Å². The van der Waals surface area contributed by atoms with Crippen LogP contribution in [0.2, 0.25) is 0 Å². The molecule has 3 heterocycles. The topological polar surface area (TPSA) is 85.8 Å². The normalized spacial score (nSPS) is 20.9. The minimum atomic E-state index is -0.703. The monoisotopic (exact) mass is 351 g/mol. The maximum Gasteiger partial charge on any atom is 0.327 e. The molecular weight excluding hydrogens is 330 g/mol. The van der Waals surface area contributed by atoms with Crippen molar-refractivity contribution in [1.29, 1.82) is 0 Å². The second-order valence-electron chi connectivity index (χ2n) is 6.21. The number of urea groups is 1. The zero-order valence-electron chi connectivity index (χ0n) is 13.8. The van der Waals surface area contributed by atoms with Crippen LogP contribution in [0.3, 0.4) is 0 Å². The second kappa shape index (κ2) is 6.48. The Kier molecular flexibility index (Phi) is 4.55. The highest BCUT2D eigenvalue weighted by molar-refractivity contribution is 7.13. The molecule has 1 aromatic rings. The van der Waals surface area contributed by atoms with Gasteiger partial charge in [0.15, 0.2) is 5.13 Å². The molecule has 1 N–H and O–H groups in total. The van der Waals surface area contributed by atoms with Crippen LogP contribution in [0.1, 0.15) is 19.3 Å². The number of aromatic nitrogens is 1. The van der Waals surface area contributed by atoms with E-state index >= 15 is 0 Å². The van der Waals surface area contributed by atoms with E-state index in [9.17, 15) is 14.4 Å². The molecule has 130 valence electrons. The maximum atomic E-state index is 12.4. The molecule has 24 heavy (non-hydrogen) atoms. The molecule has 9 heteroatoms. The van der Waals surface area contributed by atoms with Crippen molar-refractivity contribution in [2.24, 2.45) is 0 Å². The van der Waals surface area contributed by atoms with Crippen LogP contribution in [0.15, 0.2) is 11.6 Å². The molecule has 0 unspecified atom stereocenters. The van der Waals surface area contributed by atoms with Crippen molar-refractivity contribution in [2.75, 3.05) is 39.0 Å². The summed E-state index contributed by atoms with van der Waals surface area (Å²) in [5, 5.41) is 5.19. The Hall–Kier alpha value is -2.00. The number of nitrogens with one attached hydrogen (secondary N) is 1. The number of hydrogen-bond donors (Lipinski definition) is 1. The SMILES string of the molecule is CN1C(=O)N(C)C2(CCN(CCC(=O)Nc3nccs3)CC2)C1=O. The van der Waals surface area contributed by atoms with Gasteiger partial charge in [0.05, 0.1) is 0 Å². The van der Waals surface area contributed by atoms with Gasteiger partial charge in [-0.2, -0.15) is 0 Å². The zero-order valence-corrected chi connectivity index (χ0v) is 14.6. The van der Waals surface area contributed by atoms with Gasteiger partial charge in [-0.15, -0.1) is 11.3 Å². The van der Waals surface area contributed by atoms with Crippen LogP contribution >= 0.6 is 11.3 Å². The molecule has 0 aromatic carbocycles. The van der Waals surface area contributed by atoms with Gasteiger partial charge in [-0.1, -0.05) is 0 Å².